The van der Waals surface area contributed by atoms with Crippen molar-refractivity contribution in [1.29, 1.82) is 0 Å². The third-order valence-corrected chi connectivity index (χ3v) is 9.88. The van der Waals surface area contributed by atoms with Crippen LogP contribution >= 0.6 is 0 Å². The first kappa shape index (κ1) is 46.4. The van der Waals surface area contributed by atoms with Crippen LogP contribution in [0.4, 0.5) is 0 Å². The predicted octanol–water partition coefficient (Wildman–Crippen LogP) is -0.835. The van der Waals surface area contributed by atoms with Gasteiger partial charge in [-0.2, -0.15) is 0 Å². The van der Waals surface area contributed by atoms with Gasteiger partial charge in [0.25, 0.3) is 0 Å². The molecule has 0 radical (unpaired) electrons. The number of amides is 6. The maximum atomic E-state index is 12.3. The van der Waals surface area contributed by atoms with E-state index in [0.29, 0.717) is 51.3 Å². The molecule has 3 saturated heterocycles. The maximum absolute atomic E-state index is 12.3. The van der Waals surface area contributed by atoms with Gasteiger partial charge < -0.3 is 60.3 Å². The highest BCUT2D eigenvalue weighted by Gasteiger charge is 2.39. The Hall–Kier alpha value is -3.94. The van der Waals surface area contributed by atoms with Crippen LogP contribution in [0.2, 0.25) is 0 Å². The summed E-state index contributed by atoms with van der Waals surface area (Å²) in [5.74, 6) is -2.38. The summed E-state index contributed by atoms with van der Waals surface area (Å²) in [4.78, 5) is 70.2. The zero-order valence-electron chi connectivity index (χ0n) is 32.9. The predicted molar refractivity (Wildman–Crippen MR) is 203 cm³/mol. The van der Waals surface area contributed by atoms with Crippen molar-refractivity contribution in [2.45, 2.75) is 94.9 Å². The molecular formula is C38H62N6O12. The Morgan fingerprint density at radius 1 is 0.750 bits per heavy atom. The fourth-order valence-corrected chi connectivity index (χ4v) is 6.68. The van der Waals surface area contributed by atoms with Crippen molar-refractivity contribution in [3.05, 3.63) is 24.3 Å². The molecule has 0 saturated carbocycles. The molecule has 0 aliphatic carbocycles. The standard InChI is InChI=1S/C38H62N6O12/c1-25-9-12-54-30(25)8-7-28-16-26(2)27(3)32(55-28)17-29-18-33(51-4)31(56-29)6-5-10-40-34(46)19-41-35(47)20-42-36(48)21-43-37(49)22-44-38(50)23-53-15-14-52-13-11-39-24-45/h24,26,28-33H,1,3,5-23H2,2,4H3,(H,39,45)(H,40,46)(H,41,47)(H,42,48)(H,43,49)(H,44,50)/t26-,28+,29+,30+,31-,32-,33-/m1/s1. The number of hydrogen-bond acceptors (Lipinski definition) is 12. The summed E-state index contributed by atoms with van der Waals surface area (Å²) in [5, 5.41) is 14.7. The Kier molecular flexibility index (Phi) is 21.6. The van der Waals surface area contributed by atoms with E-state index in [4.69, 9.17) is 28.4 Å². The Labute approximate surface area is 329 Å². The first-order valence-corrected chi connectivity index (χ1v) is 19.5. The second-order valence-electron chi connectivity index (χ2n) is 14.2. The highest BCUT2D eigenvalue weighted by molar-refractivity contribution is 5.91. The van der Waals surface area contributed by atoms with Crippen LogP contribution in [0.1, 0.15) is 58.3 Å². The van der Waals surface area contributed by atoms with E-state index in [1.165, 1.54) is 5.57 Å². The number of methoxy groups -OCH3 is 1. The summed E-state index contributed by atoms with van der Waals surface area (Å²) < 4.78 is 34.8. The summed E-state index contributed by atoms with van der Waals surface area (Å²) in [6.45, 7) is 11.2. The number of carbonyl (C=O) groups is 6. The quantitative estimate of drug-likeness (QED) is 0.0340. The van der Waals surface area contributed by atoms with Crippen molar-refractivity contribution in [3.8, 4) is 0 Å². The molecule has 0 aromatic rings. The van der Waals surface area contributed by atoms with Crippen LogP contribution in [-0.4, -0.2) is 152 Å². The lowest BCUT2D eigenvalue weighted by atomic mass is 9.85. The van der Waals surface area contributed by atoms with Gasteiger partial charge in [0.2, 0.25) is 35.9 Å². The second kappa shape index (κ2) is 26.1. The third-order valence-electron chi connectivity index (χ3n) is 9.88. The molecule has 3 aliphatic rings. The summed E-state index contributed by atoms with van der Waals surface area (Å²) in [5.41, 5.74) is 2.28. The number of hydrogen-bond donors (Lipinski definition) is 6. The van der Waals surface area contributed by atoms with Crippen LogP contribution < -0.4 is 31.9 Å². The molecule has 18 heteroatoms. The minimum Gasteiger partial charge on any atom is -0.379 e. The van der Waals surface area contributed by atoms with E-state index in [-0.39, 0.29) is 75.4 Å². The number of carbonyl (C=O) groups excluding carboxylic acids is 6. The van der Waals surface area contributed by atoms with Crippen molar-refractivity contribution in [1.82, 2.24) is 31.9 Å². The fourth-order valence-electron chi connectivity index (χ4n) is 6.68. The first-order chi connectivity index (χ1) is 27.0. The molecule has 0 aromatic carbocycles. The molecule has 0 spiro atoms. The molecule has 18 nitrogen and oxygen atoms in total. The van der Waals surface area contributed by atoms with Gasteiger partial charge in [0.1, 0.15) is 6.61 Å². The zero-order valence-corrected chi connectivity index (χ0v) is 32.9. The minimum atomic E-state index is -0.631. The van der Waals surface area contributed by atoms with Crippen molar-refractivity contribution >= 4 is 35.9 Å². The van der Waals surface area contributed by atoms with E-state index >= 15 is 0 Å². The Morgan fingerprint density at radius 3 is 2.02 bits per heavy atom. The fraction of sp³-hybridized carbons (Fsp3) is 0.737. The minimum absolute atomic E-state index is 0.0295. The smallest absolute Gasteiger partial charge is 0.246 e. The van der Waals surface area contributed by atoms with Gasteiger partial charge in [0.05, 0.1) is 89.2 Å². The molecule has 0 bridgehead atoms. The number of ether oxygens (including phenoxy) is 6. The normalized spacial score (nSPS) is 24.6. The van der Waals surface area contributed by atoms with Gasteiger partial charge >= 0.3 is 0 Å². The third kappa shape index (κ3) is 17.9. The largest absolute Gasteiger partial charge is 0.379 e. The van der Waals surface area contributed by atoms with Crippen molar-refractivity contribution in [2.24, 2.45) is 5.92 Å². The van der Waals surface area contributed by atoms with Crippen LogP contribution in [0.15, 0.2) is 24.3 Å². The van der Waals surface area contributed by atoms with E-state index in [0.717, 1.165) is 44.3 Å². The summed E-state index contributed by atoms with van der Waals surface area (Å²) in [6.07, 6.45) is 7.05. The van der Waals surface area contributed by atoms with Crippen LogP contribution in [0.25, 0.3) is 0 Å². The lowest BCUT2D eigenvalue weighted by Crippen LogP contribution is -2.46. The lowest BCUT2D eigenvalue weighted by molar-refractivity contribution is -0.130. The molecule has 56 heavy (non-hydrogen) atoms. The average molecular weight is 795 g/mol. The molecule has 0 aromatic heterocycles. The Balaban J connectivity index is 1.20. The molecular weight excluding hydrogens is 732 g/mol. The first-order valence-electron chi connectivity index (χ1n) is 19.5. The van der Waals surface area contributed by atoms with Gasteiger partial charge in [-0.15, -0.1) is 0 Å². The van der Waals surface area contributed by atoms with E-state index in [9.17, 15) is 28.8 Å². The van der Waals surface area contributed by atoms with Crippen LogP contribution in [0, 0.1) is 5.92 Å². The molecule has 3 aliphatic heterocycles. The lowest BCUT2D eigenvalue weighted by Gasteiger charge is -2.37. The van der Waals surface area contributed by atoms with Gasteiger partial charge in [0, 0.05) is 33.0 Å². The molecule has 3 heterocycles. The van der Waals surface area contributed by atoms with Gasteiger partial charge in [0.15, 0.2) is 0 Å². The number of rotatable bonds is 27. The summed E-state index contributed by atoms with van der Waals surface area (Å²) >= 11 is 0. The highest BCUT2D eigenvalue weighted by Crippen LogP contribution is 2.37. The van der Waals surface area contributed by atoms with Crippen LogP contribution in [0.5, 0.6) is 0 Å². The Morgan fingerprint density at radius 2 is 1.39 bits per heavy atom. The second-order valence-corrected chi connectivity index (χ2v) is 14.2. The molecule has 0 unspecified atom stereocenters. The topological polar surface area (TPSA) is 230 Å². The summed E-state index contributed by atoms with van der Waals surface area (Å²) in [6, 6.07) is 0. The van der Waals surface area contributed by atoms with Gasteiger partial charge in [-0.1, -0.05) is 20.1 Å². The van der Waals surface area contributed by atoms with E-state index < -0.39 is 36.7 Å². The molecule has 3 rings (SSSR count). The average Bonchev–Trinajstić information content (AvgIpc) is 3.79. The van der Waals surface area contributed by atoms with E-state index in [1.54, 1.807) is 7.11 Å². The molecule has 6 amide bonds. The van der Waals surface area contributed by atoms with E-state index in [1.807, 2.05) is 0 Å². The van der Waals surface area contributed by atoms with E-state index in [2.05, 4.69) is 52.0 Å². The van der Waals surface area contributed by atoms with Gasteiger partial charge in [-0.25, -0.2) is 0 Å². The van der Waals surface area contributed by atoms with Crippen LogP contribution in [0.3, 0.4) is 0 Å². The molecule has 3 fully saturated rings. The zero-order chi connectivity index (χ0) is 40.7. The summed E-state index contributed by atoms with van der Waals surface area (Å²) in [7, 11) is 1.68. The maximum Gasteiger partial charge on any atom is 0.246 e. The monoisotopic (exact) mass is 794 g/mol. The van der Waals surface area contributed by atoms with Crippen molar-refractivity contribution < 1.29 is 57.2 Å². The Bertz CT molecular complexity index is 1320. The van der Waals surface area contributed by atoms with Crippen LogP contribution in [-0.2, 0) is 57.2 Å². The van der Waals surface area contributed by atoms with Gasteiger partial charge in [-0.05, 0) is 55.6 Å². The molecule has 316 valence electrons. The number of nitrogens with one attached hydrogen (secondary N) is 6. The highest BCUT2D eigenvalue weighted by atomic mass is 16.6. The molecule has 6 N–H and O–H groups in total. The van der Waals surface area contributed by atoms with Crippen molar-refractivity contribution in [2.75, 3.05) is 79.4 Å². The SMILES string of the molecule is C=C1CCO[C@H]1CC[C@H]1C[C@@H](C)C(=C)[C@@H](C[C@H]2C[C@@H](OC)[C@@H](CCCNC(=O)CNC(=O)CNC(=O)CNC(=O)CNC(=O)COCCOCCNC=O)O2)O1. The van der Waals surface area contributed by atoms with Gasteiger partial charge in [-0.3, -0.25) is 28.8 Å². The van der Waals surface area contributed by atoms with Crippen molar-refractivity contribution in [3.63, 3.8) is 0 Å². The molecule has 7 atom stereocenters.